The number of benzene rings is 1. The van der Waals surface area contributed by atoms with Gasteiger partial charge in [-0.2, -0.15) is 0 Å². The lowest BCUT2D eigenvalue weighted by atomic mass is 9.98. The first-order valence-corrected chi connectivity index (χ1v) is 6.34. The summed E-state index contributed by atoms with van der Waals surface area (Å²) in [6.07, 6.45) is 2.39. The molecule has 0 unspecified atom stereocenters. The van der Waals surface area contributed by atoms with Crippen LogP contribution < -0.4 is 10.6 Å². The van der Waals surface area contributed by atoms with E-state index in [9.17, 15) is 0 Å². The zero-order valence-electron chi connectivity index (χ0n) is 10.0. The van der Waals surface area contributed by atoms with E-state index in [1.807, 2.05) is 12.1 Å². The molecule has 1 fully saturated rings. The topological polar surface area (TPSA) is 53.1 Å². The zero-order chi connectivity index (χ0) is 12.4. The van der Waals surface area contributed by atoms with Crippen molar-refractivity contribution in [3.8, 4) is 0 Å². The first-order valence-electron chi connectivity index (χ1n) is 5.97. The highest BCUT2D eigenvalue weighted by atomic mass is 35.5. The summed E-state index contributed by atoms with van der Waals surface area (Å²) in [7, 11) is 0. The van der Waals surface area contributed by atoms with E-state index in [1.165, 1.54) is 12.8 Å². The number of hydrogen-bond donors (Lipinski definition) is 2. The molecular weight excluding hydrogens is 234 g/mol. The number of halogens is 1. The smallest absolute Gasteiger partial charge is 0.124 e. The van der Waals surface area contributed by atoms with Gasteiger partial charge in [-0.15, -0.1) is 0 Å². The maximum absolute atomic E-state index is 7.62. The standard InChI is InChI=1S/C13H18ClN3/c1-9-4-6-17(7-5-9)12-3-2-10(14)8-11(12)13(15)16/h2-3,8-9H,4-7H2,1H3,(H3,15,16). The molecule has 0 radical (unpaired) electrons. The molecule has 0 amide bonds. The van der Waals surface area contributed by atoms with Crippen LogP contribution in [0.5, 0.6) is 0 Å². The summed E-state index contributed by atoms with van der Waals surface area (Å²) in [5, 5.41) is 8.25. The number of piperidine rings is 1. The zero-order valence-corrected chi connectivity index (χ0v) is 10.8. The van der Waals surface area contributed by atoms with Gasteiger partial charge < -0.3 is 10.6 Å². The van der Waals surface area contributed by atoms with Crippen molar-refractivity contribution in [3.05, 3.63) is 28.8 Å². The van der Waals surface area contributed by atoms with Crippen LogP contribution in [-0.4, -0.2) is 18.9 Å². The van der Waals surface area contributed by atoms with Gasteiger partial charge in [-0.05, 0) is 37.0 Å². The first-order chi connectivity index (χ1) is 8.08. The SMILES string of the molecule is CC1CCN(c2ccc(Cl)cc2C(=N)N)CC1. The number of nitrogen functional groups attached to an aromatic ring is 1. The van der Waals surface area contributed by atoms with Crippen molar-refractivity contribution in [2.24, 2.45) is 11.7 Å². The molecule has 3 nitrogen and oxygen atoms in total. The second-order valence-electron chi connectivity index (χ2n) is 4.74. The second kappa shape index (κ2) is 4.96. The molecule has 0 aliphatic carbocycles. The van der Waals surface area contributed by atoms with Gasteiger partial charge in [-0.3, -0.25) is 5.41 Å². The van der Waals surface area contributed by atoms with E-state index in [4.69, 9.17) is 22.7 Å². The largest absolute Gasteiger partial charge is 0.384 e. The van der Waals surface area contributed by atoms with E-state index in [0.717, 1.165) is 30.3 Å². The second-order valence-corrected chi connectivity index (χ2v) is 5.18. The number of nitrogens with one attached hydrogen (secondary N) is 1. The van der Waals surface area contributed by atoms with Gasteiger partial charge in [0, 0.05) is 29.4 Å². The summed E-state index contributed by atoms with van der Waals surface area (Å²) in [6, 6.07) is 5.60. The minimum atomic E-state index is 0.0844. The molecule has 2 rings (SSSR count). The Morgan fingerprint density at radius 3 is 2.65 bits per heavy atom. The van der Waals surface area contributed by atoms with Crippen molar-refractivity contribution < 1.29 is 0 Å². The van der Waals surface area contributed by atoms with Crippen LogP contribution in [0.15, 0.2) is 18.2 Å². The Bertz CT molecular complexity index is 423. The molecule has 0 saturated carbocycles. The third-order valence-corrected chi connectivity index (χ3v) is 3.61. The maximum Gasteiger partial charge on any atom is 0.124 e. The monoisotopic (exact) mass is 251 g/mol. The number of nitrogens with two attached hydrogens (primary N) is 1. The predicted octanol–water partition coefficient (Wildman–Crippen LogP) is 2.86. The molecule has 0 spiro atoms. The maximum atomic E-state index is 7.62. The van der Waals surface area contributed by atoms with Crippen LogP contribution in [-0.2, 0) is 0 Å². The van der Waals surface area contributed by atoms with Crippen molar-refractivity contribution in [3.63, 3.8) is 0 Å². The molecule has 0 aromatic heterocycles. The van der Waals surface area contributed by atoms with E-state index in [0.29, 0.717) is 5.02 Å². The van der Waals surface area contributed by atoms with E-state index >= 15 is 0 Å². The number of amidine groups is 1. The molecule has 1 aromatic carbocycles. The lowest BCUT2D eigenvalue weighted by Gasteiger charge is -2.33. The molecule has 0 atom stereocenters. The van der Waals surface area contributed by atoms with Crippen molar-refractivity contribution in [1.82, 2.24) is 0 Å². The summed E-state index contributed by atoms with van der Waals surface area (Å²) >= 11 is 5.95. The first kappa shape index (κ1) is 12.2. The highest BCUT2D eigenvalue weighted by molar-refractivity contribution is 6.31. The van der Waals surface area contributed by atoms with Gasteiger partial charge in [-0.1, -0.05) is 18.5 Å². The van der Waals surface area contributed by atoms with Gasteiger partial charge in [0.25, 0.3) is 0 Å². The molecule has 17 heavy (non-hydrogen) atoms. The Balaban J connectivity index is 2.28. The number of hydrogen-bond acceptors (Lipinski definition) is 2. The van der Waals surface area contributed by atoms with Crippen molar-refractivity contribution in [2.75, 3.05) is 18.0 Å². The average Bonchev–Trinajstić information content (AvgIpc) is 2.30. The van der Waals surface area contributed by atoms with Crippen molar-refractivity contribution >= 4 is 23.1 Å². The van der Waals surface area contributed by atoms with E-state index in [-0.39, 0.29) is 5.84 Å². The Kier molecular flexibility index (Phi) is 3.57. The van der Waals surface area contributed by atoms with Crippen LogP contribution in [0.4, 0.5) is 5.69 Å². The van der Waals surface area contributed by atoms with Gasteiger partial charge in [0.2, 0.25) is 0 Å². The summed E-state index contributed by atoms with van der Waals surface area (Å²) in [5.41, 5.74) is 7.39. The lowest BCUT2D eigenvalue weighted by Crippen LogP contribution is -2.34. The predicted molar refractivity (Wildman–Crippen MR) is 73.1 cm³/mol. The highest BCUT2D eigenvalue weighted by Gasteiger charge is 2.19. The number of anilines is 1. The van der Waals surface area contributed by atoms with Gasteiger partial charge >= 0.3 is 0 Å². The van der Waals surface area contributed by atoms with E-state index in [2.05, 4.69) is 11.8 Å². The average molecular weight is 252 g/mol. The van der Waals surface area contributed by atoms with Crippen LogP contribution in [0, 0.1) is 11.3 Å². The fraction of sp³-hybridized carbons (Fsp3) is 0.462. The third kappa shape index (κ3) is 2.72. The third-order valence-electron chi connectivity index (χ3n) is 3.37. The lowest BCUT2D eigenvalue weighted by molar-refractivity contribution is 0.438. The van der Waals surface area contributed by atoms with Gasteiger partial charge in [-0.25, -0.2) is 0 Å². The minimum absolute atomic E-state index is 0.0844. The van der Waals surface area contributed by atoms with Crippen LogP contribution in [0.25, 0.3) is 0 Å². The number of nitrogens with zero attached hydrogens (tertiary/aromatic N) is 1. The Morgan fingerprint density at radius 2 is 2.06 bits per heavy atom. The molecule has 1 aromatic rings. The molecule has 3 N–H and O–H groups in total. The highest BCUT2D eigenvalue weighted by Crippen LogP contribution is 2.28. The van der Waals surface area contributed by atoms with E-state index in [1.54, 1.807) is 6.07 Å². The molecule has 1 aliphatic rings. The summed E-state index contributed by atoms with van der Waals surface area (Å²) in [5.74, 6) is 0.875. The Labute approximate surface area is 107 Å². The van der Waals surface area contributed by atoms with Crippen molar-refractivity contribution in [1.29, 1.82) is 5.41 Å². The quantitative estimate of drug-likeness (QED) is 0.627. The van der Waals surface area contributed by atoms with E-state index < -0.39 is 0 Å². The minimum Gasteiger partial charge on any atom is -0.384 e. The Morgan fingerprint density at radius 1 is 1.41 bits per heavy atom. The molecule has 0 bridgehead atoms. The van der Waals surface area contributed by atoms with Crippen LogP contribution >= 0.6 is 11.6 Å². The fourth-order valence-corrected chi connectivity index (χ4v) is 2.42. The van der Waals surface area contributed by atoms with Gasteiger partial charge in [0.15, 0.2) is 0 Å². The van der Waals surface area contributed by atoms with Gasteiger partial charge in [0.05, 0.1) is 0 Å². The summed E-state index contributed by atoms with van der Waals surface area (Å²) in [4.78, 5) is 2.30. The molecule has 92 valence electrons. The van der Waals surface area contributed by atoms with Gasteiger partial charge in [0.1, 0.15) is 5.84 Å². The molecule has 1 heterocycles. The summed E-state index contributed by atoms with van der Waals surface area (Å²) < 4.78 is 0. The molecule has 1 aliphatic heterocycles. The van der Waals surface area contributed by atoms with Crippen LogP contribution in [0.3, 0.4) is 0 Å². The Hall–Kier alpha value is -1.22. The fourth-order valence-electron chi connectivity index (χ4n) is 2.25. The molecular formula is C13H18ClN3. The molecule has 4 heteroatoms. The summed E-state index contributed by atoms with van der Waals surface area (Å²) in [6.45, 7) is 4.34. The number of rotatable bonds is 2. The van der Waals surface area contributed by atoms with Crippen LogP contribution in [0.2, 0.25) is 5.02 Å². The van der Waals surface area contributed by atoms with Crippen LogP contribution in [0.1, 0.15) is 25.3 Å². The normalized spacial score (nSPS) is 17.2. The molecule has 1 saturated heterocycles. The van der Waals surface area contributed by atoms with Crippen molar-refractivity contribution in [2.45, 2.75) is 19.8 Å².